The van der Waals surface area contributed by atoms with E-state index in [2.05, 4.69) is 49.5 Å². The molecule has 122 valence electrons. The molecule has 2 aromatic rings. The predicted molar refractivity (Wildman–Crippen MR) is 102 cm³/mol. The number of hydrogen-bond donors (Lipinski definition) is 0. The molecular weight excluding hydrogens is 377 g/mol. The summed E-state index contributed by atoms with van der Waals surface area (Å²) in [5.41, 5.74) is 10.8. The molecule has 0 atom stereocenters. The summed E-state index contributed by atoms with van der Waals surface area (Å²) in [5, 5.41) is 0. The standard InChI is InChI=1S/C9H7.C7H8N.C2H6Si.2ClH.Ti/c1-2-5-9-7-3-6-8(9)4-1;8-6-7-4-2-1-3-5-7;1-3-2;;;/h1-2,4-6H,7H2;1-5,8H,6H2;1-2H3;2*1H;/q2*-1;;;;+2/p-2. The van der Waals surface area contributed by atoms with Crippen LogP contribution in [0.1, 0.15) is 16.7 Å². The first kappa shape index (κ1) is 20.7. The quantitative estimate of drug-likeness (QED) is 0.389. The molecule has 0 spiro atoms. The zero-order valence-corrected chi connectivity index (χ0v) is 17.5. The summed E-state index contributed by atoms with van der Waals surface area (Å²) < 4.78 is 0. The van der Waals surface area contributed by atoms with Gasteiger partial charge >= 0.3 is 52.4 Å². The van der Waals surface area contributed by atoms with Gasteiger partial charge in [-0.1, -0.05) is 54.1 Å². The van der Waals surface area contributed by atoms with Crippen molar-refractivity contribution in [2.45, 2.75) is 26.1 Å². The molecule has 5 heteroatoms. The van der Waals surface area contributed by atoms with Gasteiger partial charge in [-0.2, -0.15) is 5.56 Å². The van der Waals surface area contributed by atoms with Gasteiger partial charge in [0.05, 0.1) is 0 Å². The molecule has 0 bridgehead atoms. The second-order valence-electron chi connectivity index (χ2n) is 5.15. The first-order valence-electron chi connectivity index (χ1n) is 7.36. The number of allylic oxidation sites excluding steroid dienone is 1. The molecule has 3 rings (SSSR count). The van der Waals surface area contributed by atoms with E-state index in [-0.39, 0.29) is 6.19 Å². The third-order valence-corrected chi connectivity index (χ3v) is 16.7. The minimum absolute atomic E-state index is 0.254. The van der Waals surface area contributed by atoms with Crippen LogP contribution in [0.25, 0.3) is 11.8 Å². The van der Waals surface area contributed by atoms with E-state index < -0.39 is 14.5 Å². The zero-order chi connectivity index (χ0) is 17.1. The number of fused-ring (bicyclic) bond motifs is 1. The molecule has 1 aliphatic carbocycles. The van der Waals surface area contributed by atoms with E-state index in [4.69, 9.17) is 24.3 Å². The minimum Gasteiger partial charge on any atom is -0.674 e. The number of rotatable bonds is 1. The number of benzene rings is 2. The topological polar surface area (TPSA) is 23.8 Å². The SMILES string of the molecule is C[Si](C)=[Ti]([Cl])[Cl].[C-]1=Cc2ccccc2C1.[NH-]Cc1ccccc1. The summed E-state index contributed by atoms with van der Waals surface area (Å²) in [4.78, 5) is 0. The molecule has 23 heavy (non-hydrogen) atoms. The van der Waals surface area contributed by atoms with Gasteiger partial charge in [-0.25, -0.2) is 6.08 Å². The second kappa shape index (κ2) is 12.1. The van der Waals surface area contributed by atoms with Crippen LogP contribution >= 0.6 is 18.6 Å². The van der Waals surface area contributed by atoms with Crippen molar-refractivity contribution in [2.75, 3.05) is 0 Å². The van der Waals surface area contributed by atoms with Crippen molar-refractivity contribution in [1.29, 1.82) is 0 Å². The third kappa shape index (κ3) is 8.90. The van der Waals surface area contributed by atoms with Crippen molar-refractivity contribution in [3.05, 3.63) is 83.1 Å². The van der Waals surface area contributed by atoms with Crippen LogP contribution in [0.15, 0.2) is 54.6 Å². The summed E-state index contributed by atoms with van der Waals surface area (Å²) in [7, 11) is 11.2. The van der Waals surface area contributed by atoms with E-state index in [1.54, 1.807) is 0 Å². The van der Waals surface area contributed by atoms with E-state index in [0.29, 0.717) is 6.54 Å². The van der Waals surface area contributed by atoms with Gasteiger partial charge < -0.3 is 5.73 Å². The van der Waals surface area contributed by atoms with Crippen LogP contribution in [0, 0.1) is 6.08 Å². The molecule has 0 saturated heterocycles. The van der Waals surface area contributed by atoms with E-state index >= 15 is 0 Å². The van der Waals surface area contributed by atoms with E-state index in [0.717, 1.165) is 12.0 Å². The van der Waals surface area contributed by atoms with E-state index in [9.17, 15) is 0 Å². The average Bonchev–Trinajstić information content (AvgIpc) is 3.05. The Morgan fingerprint density at radius 3 is 2.09 bits per heavy atom. The summed E-state index contributed by atoms with van der Waals surface area (Å²) in [6.45, 7) is 4.70. The molecule has 0 fully saturated rings. The van der Waals surface area contributed by atoms with Crippen LogP contribution in [0.3, 0.4) is 0 Å². The molecule has 0 aromatic heterocycles. The molecule has 0 radical (unpaired) electrons. The zero-order valence-electron chi connectivity index (χ0n) is 13.4. The Kier molecular flexibility index (Phi) is 10.9. The fraction of sp³-hybridized carbons (Fsp3) is 0.222. The van der Waals surface area contributed by atoms with Crippen molar-refractivity contribution in [3.8, 4) is 0 Å². The van der Waals surface area contributed by atoms with Gasteiger partial charge in [0.15, 0.2) is 0 Å². The summed E-state index contributed by atoms with van der Waals surface area (Å²) in [5.74, 6) is 0. The monoisotopic (exact) mass is 397 g/mol. The van der Waals surface area contributed by atoms with Crippen LogP contribution in [-0.2, 0) is 27.5 Å². The Labute approximate surface area is 153 Å². The van der Waals surface area contributed by atoms with Crippen molar-refractivity contribution >= 4 is 30.9 Å². The Morgan fingerprint density at radius 1 is 1.04 bits per heavy atom. The van der Waals surface area contributed by atoms with Crippen molar-refractivity contribution in [1.82, 2.24) is 0 Å². The van der Waals surface area contributed by atoms with Gasteiger partial charge in [0.2, 0.25) is 0 Å². The molecule has 0 aliphatic heterocycles. The summed E-state index contributed by atoms with van der Waals surface area (Å²) in [6, 6.07) is 18.1. The number of nitrogens with one attached hydrogen (secondary N) is 1. The van der Waals surface area contributed by atoms with Crippen LogP contribution in [0.2, 0.25) is 13.1 Å². The summed E-state index contributed by atoms with van der Waals surface area (Å²) in [6.07, 6.45) is 5.96. The first-order valence-corrected chi connectivity index (χ1v) is 16.5. The molecule has 0 amide bonds. The van der Waals surface area contributed by atoms with Crippen molar-refractivity contribution < 1.29 is 14.5 Å². The largest absolute Gasteiger partial charge is 0.674 e. The third-order valence-electron chi connectivity index (χ3n) is 3.03. The molecule has 0 saturated carbocycles. The normalized spacial score (nSPS) is 10.7. The fourth-order valence-electron chi connectivity index (χ4n) is 1.70. The maximum absolute atomic E-state index is 6.94. The first-order chi connectivity index (χ1) is 11.0. The van der Waals surface area contributed by atoms with Gasteiger partial charge in [-0.15, -0.1) is 24.6 Å². The number of hydrogen-bond acceptors (Lipinski definition) is 0. The van der Waals surface area contributed by atoms with Gasteiger partial charge in [-0.05, 0) is 0 Å². The predicted octanol–water partition coefficient (Wildman–Crippen LogP) is 6.46. The Balaban J connectivity index is 0.000000177. The van der Waals surface area contributed by atoms with Crippen LogP contribution in [0.4, 0.5) is 0 Å². The Bertz CT molecular complexity index is 639. The smallest absolute Gasteiger partial charge is 0.0608 e. The molecular formula is C18H21Cl2NSiTi-2. The van der Waals surface area contributed by atoms with Crippen molar-refractivity contribution in [3.63, 3.8) is 0 Å². The average molecular weight is 398 g/mol. The van der Waals surface area contributed by atoms with E-state index in [1.807, 2.05) is 30.3 Å². The van der Waals surface area contributed by atoms with Crippen LogP contribution < -0.4 is 0 Å². The van der Waals surface area contributed by atoms with Crippen molar-refractivity contribution in [2.24, 2.45) is 0 Å². The molecule has 1 nitrogen and oxygen atoms in total. The Hall–Kier alpha value is -0.349. The minimum atomic E-state index is -1.42. The van der Waals surface area contributed by atoms with Gasteiger partial charge in [0.1, 0.15) is 0 Å². The van der Waals surface area contributed by atoms with Gasteiger partial charge in [-0.3, -0.25) is 6.08 Å². The van der Waals surface area contributed by atoms with E-state index in [1.165, 1.54) is 11.1 Å². The van der Waals surface area contributed by atoms with Gasteiger partial charge in [0.25, 0.3) is 0 Å². The second-order valence-corrected chi connectivity index (χ2v) is 21.2. The molecule has 2 aromatic carbocycles. The number of halogens is 2. The van der Waals surface area contributed by atoms with Gasteiger partial charge in [0, 0.05) is 0 Å². The molecule has 0 heterocycles. The molecule has 0 unspecified atom stereocenters. The van der Waals surface area contributed by atoms with Crippen LogP contribution in [-0.4, -0.2) is 6.19 Å². The molecule has 1 aliphatic rings. The van der Waals surface area contributed by atoms with Crippen LogP contribution in [0.5, 0.6) is 0 Å². The summed E-state index contributed by atoms with van der Waals surface area (Å²) >= 11 is -1.42. The Morgan fingerprint density at radius 2 is 1.61 bits per heavy atom. The molecule has 1 N–H and O–H groups in total. The maximum atomic E-state index is 6.94. The maximum Gasteiger partial charge on any atom is -0.0608 e. The fourth-order valence-corrected chi connectivity index (χ4v) is 1.70.